The van der Waals surface area contributed by atoms with E-state index < -0.39 is 0 Å². The Kier molecular flexibility index (Phi) is 3.29. The lowest BCUT2D eigenvalue weighted by Crippen LogP contribution is -1.88. The summed E-state index contributed by atoms with van der Waals surface area (Å²) < 4.78 is 5.42. The minimum atomic E-state index is 0.194. The quantitative estimate of drug-likeness (QED) is 0.746. The Balaban J connectivity index is 2.52. The van der Waals surface area contributed by atoms with Gasteiger partial charge >= 0.3 is 0 Å². The smallest absolute Gasteiger partial charge is 0.194 e. The summed E-state index contributed by atoms with van der Waals surface area (Å²) >= 11 is 0. The van der Waals surface area contributed by atoms with Crippen LogP contribution in [0.2, 0.25) is 0 Å². The number of aryl methyl sites for hydroxylation is 1. The summed E-state index contributed by atoms with van der Waals surface area (Å²) in [7, 11) is 0. The van der Waals surface area contributed by atoms with Gasteiger partial charge < -0.3 is 9.52 Å². The molecule has 1 aromatic rings. The SMILES string of the molecule is CC(C)c1cnc(CCCO)o1. The molecule has 0 aliphatic rings. The van der Waals surface area contributed by atoms with Crippen LogP contribution in [0.4, 0.5) is 0 Å². The van der Waals surface area contributed by atoms with E-state index in [0.29, 0.717) is 5.92 Å². The third kappa shape index (κ3) is 2.34. The highest BCUT2D eigenvalue weighted by Crippen LogP contribution is 2.15. The van der Waals surface area contributed by atoms with Crippen molar-refractivity contribution >= 4 is 0 Å². The van der Waals surface area contributed by atoms with Crippen molar-refractivity contribution in [1.82, 2.24) is 4.98 Å². The molecule has 3 nitrogen and oxygen atoms in total. The molecule has 0 radical (unpaired) electrons. The maximum Gasteiger partial charge on any atom is 0.194 e. The molecule has 0 unspecified atom stereocenters. The largest absolute Gasteiger partial charge is 0.445 e. The van der Waals surface area contributed by atoms with Gasteiger partial charge in [-0.2, -0.15) is 0 Å². The van der Waals surface area contributed by atoms with Gasteiger partial charge in [0.25, 0.3) is 0 Å². The second-order valence-electron chi connectivity index (χ2n) is 3.14. The van der Waals surface area contributed by atoms with Crippen molar-refractivity contribution in [3.05, 3.63) is 17.8 Å². The van der Waals surface area contributed by atoms with Gasteiger partial charge in [-0.3, -0.25) is 0 Å². The summed E-state index contributed by atoms with van der Waals surface area (Å²) in [5.74, 6) is 2.04. The molecular weight excluding hydrogens is 154 g/mol. The molecule has 0 amide bonds. The molecule has 0 atom stereocenters. The van der Waals surface area contributed by atoms with Crippen molar-refractivity contribution in [3.63, 3.8) is 0 Å². The van der Waals surface area contributed by atoms with Crippen molar-refractivity contribution in [2.24, 2.45) is 0 Å². The first-order valence-corrected chi connectivity index (χ1v) is 4.29. The summed E-state index contributed by atoms with van der Waals surface area (Å²) in [5, 5.41) is 8.57. The molecule has 0 fully saturated rings. The Morgan fingerprint density at radius 2 is 2.33 bits per heavy atom. The van der Waals surface area contributed by atoms with Crippen molar-refractivity contribution in [1.29, 1.82) is 0 Å². The zero-order chi connectivity index (χ0) is 8.97. The second-order valence-corrected chi connectivity index (χ2v) is 3.14. The van der Waals surface area contributed by atoms with E-state index in [1.54, 1.807) is 6.20 Å². The van der Waals surface area contributed by atoms with E-state index in [1.165, 1.54) is 0 Å². The van der Waals surface area contributed by atoms with Crippen molar-refractivity contribution in [2.75, 3.05) is 6.61 Å². The predicted molar refractivity (Wildman–Crippen MR) is 46.0 cm³/mol. The molecule has 0 aliphatic carbocycles. The average molecular weight is 169 g/mol. The van der Waals surface area contributed by atoms with Crippen LogP contribution in [-0.4, -0.2) is 16.7 Å². The highest BCUT2D eigenvalue weighted by Gasteiger charge is 2.06. The zero-order valence-corrected chi connectivity index (χ0v) is 7.58. The number of aliphatic hydroxyl groups is 1. The monoisotopic (exact) mass is 169 g/mol. The molecule has 3 heteroatoms. The van der Waals surface area contributed by atoms with Crippen LogP contribution in [0, 0.1) is 0 Å². The first-order chi connectivity index (χ1) is 5.74. The number of aliphatic hydroxyl groups excluding tert-OH is 1. The van der Waals surface area contributed by atoms with E-state index >= 15 is 0 Å². The van der Waals surface area contributed by atoms with Gasteiger partial charge in [-0.15, -0.1) is 0 Å². The van der Waals surface area contributed by atoms with Crippen LogP contribution in [-0.2, 0) is 6.42 Å². The number of nitrogens with zero attached hydrogens (tertiary/aromatic N) is 1. The Bertz CT molecular complexity index is 230. The standard InChI is InChI=1S/C9H15NO2/c1-7(2)8-6-10-9(12-8)4-3-5-11/h6-7,11H,3-5H2,1-2H3. The molecule has 1 rings (SSSR count). The van der Waals surface area contributed by atoms with Gasteiger partial charge in [0.2, 0.25) is 0 Å². The molecule has 0 saturated carbocycles. The molecule has 0 saturated heterocycles. The number of oxazole rings is 1. The van der Waals surface area contributed by atoms with Gasteiger partial charge in [0.15, 0.2) is 5.89 Å². The zero-order valence-electron chi connectivity index (χ0n) is 7.58. The molecule has 12 heavy (non-hydrogen) atoms. The first-order valence-electron chi connectivity index (χ1n) is 4.29. The molecule has 0 spiro atoms. The molecule has 68 valence electrons. The molecular formula is C9H15NO2. The van der Waals surface area contributed by atoms with Gasteiger partial charge in [0.05, 0.1) is 6.20 Å². The highest BCUT2D eigenvalue weighted by atomic mass is 16.4. The van der Waals surface area contributed by atoms with E-state index in [9.17, 15) is 0 Å². The maximum atomic E-state index is 8.57. The summed E-state index contributed by atoms with van der Waals surface area (Å²) in [4.78, 5) is 4.10. The van der Waals surface area contributed by atoms with Gasteiger partial charge in [-0.1, -0.05) is 13.8 Å². The lowest BCUT2D eigenvalue weighted by atomic mass is 10.2. The van der Waals surface area contributed by atoms with E-state index in [2.05, 4.69) is 18.8 Å². The molecule has 1 heterocycles. The predicted octanol–water partition coefficient (Wildman–Crippen LogP) is 1.72. The maximum absolute atomic E-state index is 8.57. The van der Waals surface area contributed by atoms with Crippen LogP contribution in [0.1, 0.15) is 37.8 Å². The van der Waals surface area contributed by atoms with Crippen molar-refractivity contribution in [2.45, 2.75) is 32.6 Å². The van der Waals surface area contributed by atoms with Crippen LogP contribution in [0.25, 0.3) is 0 Å². The summed E-state index contributed by atoms with van der Waals surface area (Å²) in [6.07, 6.45) is 3.21. The third-order valence-electron chi connectivity index (χ3n) is 1.69. The second kappa shape index (κ2) is 4.26. The third-order valence-corrected chi connectivity index (χ3v) is 1.69. The van der Waals surface area contributed by atoms with Crippen LogP contribution < -0.4 is 0 Å². The fourth-order valence-corrected chi connectivity index (χ4v) is 0.937. The molecule has 0 aromatic carbocycles. The Morgan fingerprint density at radius 3 is 2.83 bits per heavy atom. The number of hydrogen-bond acceptors (Lipinski definition) is 3. The Labute approximate surface area is 72.4 Å². The summed E-state index contributed by atoms with van der Waals surface area (Å²) in [5.41, 5.74) is 0. The lowest BCUT2D eigenvalue weighted by molar-refractivity contribution is 0.282. The lowest BCUT2D eigenvalue weighted by Gasteiger charge is -1.96. The van der Waals surface area contributed by atoms with Crippen LogP contribution in [0.3, 0.4) is 0 Å². The molecule has 0 aliphatic heterocycles. The van der Waals surface area contributed by atoms with Gasteiger partial charge in [-0.05, 0) is 6.42 Å². The van der Waals surface area contributed by atoms with Gasteiger partial charge in [-0.25, -0.2) is 4.98 Å². The minimum Gasteiger partial charge on any atom is -0.445 e. The topological polar surface area (TPSA) is 46.3 Å². The van der Waals surface area contributed by atoms with E-state index in [4.69, 9.17) is 9.52 Å². The summed E-state index contributed by atoms with van der Waals surface area (Å²) in [6.45, 7) is 4.33. The van der Waals surface area contributed by atoms with Crippen LogP contribution in [0.5, 0.6) is 0 Å². The number of rotatable bonds is 4. The molecule has 1 aromatic heterocycles. The minimum absolute atomic E-state index is 0.194. The number of aromatic nitrogens is 1. The van der Waals surface area contributed by atoms with E-state index in [-0.39, 0.29) is 6.61 Å². The van der Waals surface area contributed by atoms with Crippen molar-refractivity contribution in [3.8, 4) is 0 Å². The van der Waals surface area contributed by atoms with E-state index in [0.717, 1.165) is 24.5 Å². The first kappa shape index (κ1) is 9.26. The fraction of sp³-hybridized carbons (Fsp3) is 0.667. The van der Waals surface area contributed by atoms with Gasteiger partial charge in [0.1, 0.15) is 5.76 Å². The van der Waals surface area contributed by atoms with Crippen LogP contribution in [0.15, 0.2) is 10.6 Å². The van der Waals surface area contributed by atoms with Crippen LogP contribution >= 0.6 is 0 Å². The van der Waals surface area contributed by atoms with E-state index in [1.807, 2.05) is 0 Å². The Morgan fingerprint density at radius 1 is 1.58 bits per heavy atom. The Hall–Kier alpha value is -0.830. The number of hydrogen-bond donors (Lipinski definition) is 1. The van der Waals surface area contributed by atoms with Gasteiger partial charge in [0, 0.05) is 18.9 Å². The van der Waals surface area contributed by atoms with Crippen molar-refractivity contribution < 1.29 is 9.52 Å². The highest BCUT2D eigenvalue weighted by molar-refractivity contribution is 4.98. The fourth-order valence-electron chi connectivity index (χ4n) is 0.937. The molecule has 0 bridgehead atoms. The normalized spacial score (nSPS) is 11.0. The summed E-state index contributed by atoms with van der Waals surface area (Å²) in [6, 6.07) is 0. The molecule has 1 N–H and O–H groups in total. The average Bonchev–Trinajstić information content (AvgIpc) is 2.48.